The third kappa shape index (κ3) is 4.95. The molecule has 3 aromatic rings. The van der Waals surface area contributed by atoms with E-state index in [0.717, 1.165) is 11.3 Å². The highest BCUT2D eigenvalue weighted by molar-refractivity contribution is 6.31. The Bertz CT molecular complexity index is 927. The quantitative estimate of drug-likeness (QED) is 0.416. The number of aromatic nitrogens is 1. The van der Waals surface area contributed by atoms with Gasteiger partial charge in [-0.05, 0) is 43.3 Å². The van der Waals surface area contributed by atoms with Crippen LogP contribution in [0.25, 0.3) is 0 Å². The molecule has 3 rings (SSSR count). The lowest BCUT2D eigenvalue weighted by molar-refractivity contribution is 0.300. The van der Waals surface area contributed by atoms with Crippen LogP contribution in [0.5, 0.6) is 5.75 Å². The average molecular weight is 385 g/mol. The smallest absolute Gasteiger partial charge is 0.198 e. The lowest BCUT2D eigenvalue weighted by atomic mass is 10.2. The fourth-order valence-corrected chi connectivity index (χ4v) is 2.57. The van der Waals surface area contributed by atoms with E-state index in [1.807, 2.05) is 31.2 Å². The molecule has 0 aliphatic heterocycles. The van der Waals surface area contributed by atoms with Crippen LogP contribution in [0.3, 0.4) is 0 Å². The van der Waals surface area contributed by atoms with E-state index in [4.69, 9.17) is 21.7 Å². The SMILES string of the molecule is Cc1ccc(NC(=N)Nc2ncccc2OCc2c(F)cccc2Cl)cc1. The molecule has 0 aliphatic rings. The Hall–Kier alpha value is -3.12. The highest BCUT2D eigenvalue weighted by Crippen LogP contribution is 2.25. The Kier molecular flexibility index (Phi) is 5.88. The molecular formula is C20H18ClFN4O. The summed E-state index contributed by atoms with van der Waals surface area (Å²) in [4.78, 5) is 4.19. The molecule has 27 heavy (non-hydrogen) atoms. The second-order valence-corrected chi connectivity index (χ2v) is 6.24. The largest absolute Gasteiger partial charge is 0.485 e. The predicted octanol–water partition coefficient (Wildman–Crippen LogP) is 5.22. The van der Waals surface area contributed by atoms with Gasteiger partial charge in [-0.25, -0.2) is 9.37 Å². The van der Waals surface area contributed by atoms with Crippen molar-refractivity contribution in [3.8, 4) is 5.75 Å². The molecule has 1 heterocycles. The molecule has 0 unspecified atom stereocenters. The number of pyridine rings is 1. The van der Waals surface area contributed by atoms with Gasteiger partial charge in [-0.1, -0.05) is 35.4 Å². The molecule has 0 saturated heterocycles. The van der Waals surface area contributed by atoms with Crippen LogP contribution >= 0.6 is 11.6 Å². The molecule has 0 atom stereocenters. The van der Waals surface area contributed by atoms with E-state index in [2.05, 4.69) is 15.6 Å². The number of anilines is 2. The minimum atomic E-state index is -0.435. The fourth-order valence-electron chi connectivity index (χ4n) is 2.35. The van der Waals surface area contributed by atoms with Crippen LogP contribution in [-0.2, 0) is 6.61 Å². The second kappa shape index (κ2) is 8.51. The van der Waals surface area contributed by atoms with Crippen molar-refractivity contribution in [2.45, 2.75) is 13.5 Å². The first-order valence-corrected chi connectivity index (χ1v) is 8.60. The van der Waals surface area contributed by atoms with Crippen LogP contribution in [0, 0.1) is 18.2 Å². The van der Waals surface area contributed by atoms with Gasteiger partial charge in [0, 0.05) is 17.4 Å². The summed E-state index contributed by atoms with van der Waals surface area (Å²) in [7, 11) is 0. The summed E-state index contributed by atoms with van der Waals surface area (Å²) < 4.78 is 19.6. The summed E-state index contributed by atoms with van der Waals surface area (Å²) in [6, 6.07) is 15.5. The Balaban J connectivity index is 1.68. The Morgan fingerprint density at radius 2 is 1.89 bits per heavy atom. The van der Waals surface area contributed by atoms with Crippen molar-refractivity contribution in [3.05, 3.63) is 82.8 Å². The van der Waals surface area contributed by atoms with E-state index < -0.39 is 5.82 Å². The zero-order valence-corrected chi connectivity index (χ0v) is 15.3. The number of hydrogen-bond acceptors (Lipinski definition) is 3. The number of halogens is 2. The summed E-state index contributed by atoms with van der Waals surface area (Å²) >= 11 is 6.03. The topological polar surface area (TPSA) is 70.0 Å². The number of nitrogens with zero attached hydrogens (tertiary/aromatic N) is 1. The molecule has 7 heteroatoms. The number of benzene rings is 2. The van der Waals surface area contributed by atoms with Gasteiger partial charge in [0.25, 0.3) is 0 Å². The molecule has 5 nitrogen and oxygen atoms in total. The van der Waals surface area contributed by atoms with Crippen LogP contribution < -0.4 is 15.4 Å². The normalized spacial score (nSPS) is 10.3. The van der Waals surface area contributed by atoms with Crippen molar-refractivity contribution in [2.24, 2.45) is 0 Å². The summed E-state index contributed by atoms with van der Waals surface area (Å²) in [6.45, 7) is 1.94. The highest BCUT2D eigenvalue weighted by Gasteiger charge is 2.11. The maximum Gasteiger partial charge on any atom is 0.198 e. The molecule has 0 saturated carbocycles. The second-order valence-electron chi connectivity index (χ2n) is 5.83. The van der Waals surface area contributed by atoms with Gasteiger partial charge in [0.2, 0.25) is 0 Å². The van der Waals surface area contributed by atoms with Crippen LogP contribution in [0.4, 0.5) is 15.9 Å². The fraction of sp³-hybridized carbons (Fsp3) is 0.100. The molecule has 138 valence electrons. The zero-order valence-electron chi connectivity index (χ0n) is 14.6. The molecule has 2 aromatic carbocycles. The third-order valence-electron chi connectivity index (χ3n) is 3.77. The summed E-state index contributed by atoms with van der Waals surface area (Å²) in [5, 5.41) is 14.2. The van der Waals surface area contributed by atoms with E-state index in [1.165, 1.54) is 12.1 Å². The van der Waals surface area contributed by atoms with E-state index in [0.29, 0.717) is 16.6 Å². The Morgan fingerprint density at radius 1 is 1.11 bits per heavy atom. The van der Waals surface area contributed by atoms with Crippen LogP contribution in [0.1, 0.15) is 11.1 Å². The standard InChI is InChI=1S/C20H18ClFN4O/c1-13-7-9-14(10-8-13)25-20(23)26-19-18(6-3-11-24-19)27-12-15-16(21)4-2-5-17(15)22/h2-11H,12H2,1H3,(H3,23,24,25,26). The zero-order chi connectivity index (χ0) is 19.2. The Morgan fingerprint density at radius 3 is 2.63 bits per heavy atom. The molecule has 0 bridgehead atoms. The molecular weight excluding hydrogens is 367 g/mol. The first-order chi connectivity index (χ1) is 13.0. The van der Waals surface area contributed by atoms with Crippen LogP contribution in [-0.4, -0.2) is 10.9 Å². The van der Waals surface area contributed by atoms with Gasteiger partial charge in [-0.15, -0.1) is 0 Å². The minimum Gasteiger partial charge on any atom is -0.485 e. The van der Waals surface area contributed by atoms with Crippen molar-refractivity contribution in [1.29, 1.82) is 5.41 Å². The van der Waals surface area contributed by atoms with Crippen molar-refractivity contribution in [1.82, 2.24) is 4.98 Å². The monoisotopic (exact) mass is 384 g/mol. The number of rotatable bonds is 5. The van der Waals surface area contributed by atoms with Gasteiger partial charge in [-0.2, -0.15) is 0 Å². The lowest BCUT2D eigenvalue weighted by Gasteiger charge is -2.14. The molecule has 0 amide bonds. The molecule has 0 radical (unpaired) electrons. The number of hydrogen-bond donors (Lipinski definition) is 3. The van der Waals surface area contributed by atoms with Crippen molar-refractivity contribution in [2.75, 3.05) is 10.6 Å². The minimum absolute atomic E-state index is 0.0336. The maximum atomic E-state index is 13.9. The number of nitrogens with one attached hydrogen (secondary N) is 3. The van der Waals surface area contributed by atoms with Crippen LogP contribution in [0.2, 0.25) is 5.02 Å². The van der Waals surface area contributed by atoms with Gasteiger partial charge >= 0.3 is 0 Å². The van der Waals surface area contributed by atoms with Gasteiger partial charge in [0.05, 0.1) is 5.02 Å². The average Bonchev–Trinajstić information content (AvgIpc) is 2.64. The van der Waals surface area contributed by atoms with E-state index in [-0.39, 0.29) is 18.1 Å². The number of ether oxygens (including phenoxy) is 1. The van der Waals surface area contributed by atoms with E-state index >= 15 is 0 Å². The van der Waals surface area contributed by atoms with E-state index in [9.17, 15) is 4.39 Å². The number of guanidine groups is 1. The third-order valence-corrected chi connectivity index (χ3v) is 4.12. The van der Waals surface area contributed by atoms with Gasteiger partial charge in [0.1, 0.15) is 12.4 Å². The lowest BCUT2D eigenvalue weighted by Crippen LogP contribution is -2.21. The summed E-state index contributed by atoms with van der Waals surface area (Å²) in [5.41, 5.74) is 2.17. The first kappa shape index (κ1) is 18.7. The summed E-state index contributed by atoms with van der Waals surface area (Å²) in [5.74, 6) is 0.322. The molecule has 0 spiro atoms. The molecule has 3 N–H and O–H groups in total. The van der Waals surface area contributed by atoms with Gasteiger partial charge in [0.15, 0.2) is 17.5 Å². The molecule has 0 aliphatic carbocycles. The van der Waals surface area contributed by atoms with E-state index in [1.54, 1.807) is 24.4 Å². The Labute approximate surface area is 161 Å². The molecule has 0 fully saturated rings. The van der Waals surface area contributed by atoms with Crippen LogP contribution in [0.15, 0.2) is 60.8 Å². The van der Waals surface area contributed by atoms with Crippen molar-refractivity contribution < 1.29 is 9.13 Å². The number of aryl methyl sites for hydroxylation is 1. The first-order valence-electron chi connectivity index (χ1n) is 8.23. The predicted molar refractivity (Wildman–Crippen MR) is 106 cm³/mol. The summed E-state index contributed by atoms with van der Waals surface area (Å²) in [6.07, 6.45) is 1.57. The van der Waals surface area contributed by atoms with Gasteiger partial charge in [-0.3, -0.25) is 5.41 Å². The highest BCUT2D eigenvalue weighted by atomic mass is 35.5. The molecule has 1 aromatic heterocycles. The van der Waals surface area contributed by atoms with Crippen molar-refractivity contribution >= 4 is 29.1 Å². The van der Waals surface area contributed by atoms with Gasteiger partial charge < -0.3 is 15.4 Å². The maximum absolute atomic E-state index is 13.9. The van der Waals surface area contributed by atoms with Crippen molar-refractivity contribution in [3.63, 3.8) is 0 Å².